The topological polar surface area (TPSA) is 133 Å². The maximum absolute atomic E-state index is 12.0. The second-order valence-corrected chi connectivity index (χ2v) is 5.66. The number of aromatic nitrogens is 2. The van der Waals surface area contributed by atoms with Crippen molar-refractivity contribution in [2.45, 2.75) is 13.5 Å². The van der Waals surface area contributed by atoms with Gasteiger partial charge in [0.2, 0.25) is 0 Å². The quantitative estimate of drug-likeness (QED) is 0.378. The molecule has 0 bridgehead atoms. The van der Waals surface area contributed by atoms with Gasteiger partial charge < -0.3 is 4.74 Å². The summed E-state index contributed by atoms with van der Waals surface area (Å²) in [5, 5.41) is 21.9. The fourth-order valence-electron chi connectivity index (χ4n) is 2.15. The van der Waals surface area contributed by atoms with Crippen molar-refractivity contribution >= 4 is 17.8 Å². The van der Waals surface area contributed by atoms with E-state index in [2.05, 4.69) is 25.5 Å². The maximum atomic E-state index is 12.0. The SMILES string of the molecule is Cc1nonc1COc1ccc(/C=N/NC(=O)c2ccc([N+](=O)[O-])cc2)cc1. The highest BCUT2D eigenvalue weighted by molar-refractivity contribution is 5.95. The smallest absolute Gasteiger partial charge is 0.271 e. The van der Waals surface area contributed by atoms with Crippen LogP contribution in [-0.2, 0) is 6.61 Å². The zero-order valence-electron chi connectivity index (χ0n) is 14.7. The van der Waals surface area contributed by atoms with Crippen LogP contribution in [0.25, 0.3) is 0 Å². The summed E-state index contributed by atoms with van der Waals surface area (Å²) in [6.07, 6.45) is 1.47. The lowest BCUT2D eigenvalue weighted by atomic mass is 10.2. The molecule has 1 aromatic heterocycles. The molecule has 0 aliphatic heterocycles. The summed E-state index contributed by atoms with van der Waals surface area (Å²) < 4.78 is 10.2. The van der Waals surface area contributed by atoms with Crippen LogP contribution >= 0.6 is 0 Å². The molecule has 0 radical (unpaired) electrons. The zero-order valence-corrected chi connectivity index (χ0v) is 14.7. The van der Waals surface area contributed by atoms with Crippen LogP contribution in [-0.4, -0.2) is 27.4 Å². The van der Waals surface area contributed by atoms with Crippen LogP contribution in [0, 0.1) is 17.0 Å². The molecule has 1 N–H and O–H groups in total. The average molecular weight is 381 g/mol. The normalized spacial score (nSPS) is 10.8. The number of aryl methyl sites for hydroxylation is 1. The van der Waals surface area contributed by atoms with Crippen LogP contribution in [0.4, 0.5) is 5.69 Å². The first-order valence-corrected chi connectivity index (χ1v) is 8.11. The minimum atomic E-state index is -0.531. The third-order valence-electron chi connectivity index (χ3n) is 3.72. The lowest BCUT2D eigenvalue weighted by Gasteiger charge is -2.04. The fourth-order valence-corrected chi connectivity index (χ4v) is 2.15. The molecule has 0 fully saturated rings. The summed E-state index contributed by atoms with van der Waals surface area (Å²) in [6, 6.07) is 12.3. The molecule has 1 heterocycles. The highest BCUT2D eigenvalue weighted by Gasteiger charge is 2.08. The van der Waals surface area contributed by atoms with E-state index in [0.29, 0.717) is 17.1 Å². The molecule has 0 spiro atoms. The first-order chi connectivity index (χ1) is 13.5. The Bertz CT molecular complexity index is 996. The lowest BCUT2D eigenvalue weighted by Crippen LogP contribution is -2.17. The second kappa shape index (κ2) is 8.54. The van der Waals surface area contributed by atoms with Crippen molar-refractivity contribution in [3.8, 4) is 5.75 Å². The number of benzene rings is 2. The largest absolute Gasteiger partial charge is 0.487 e. The van der Waals surface area contributed by atoms with Gasteiger partial charge in [0, 0.05) is 17.7 Å². The van der Waals surface area contributed by atoms with Crippen molar-refractivity contribution in [3.05, 3.63) is 81.2 Å². The van der Waals surface area contributed by atoms with Crippen molar-refractivity contribution in [1.29, 1.82) is 0 Å². The van der Waals surface area contributed by atoms with E-state index in [-0.39, 0.29) is 17.9 Å². The molecule has 10 nitrogen and oxygen atoms in total. The Balaban J connectivity index is 1.52. The van der Waals surface area contributed by atoms with Crippen molar-refractivity contribution in [2.75, 3.05) is 0 Å². The molecule has 0 unspecified atom stereocenters. The molecule has 0 saturated heterocycles. The molecule has 0 aliphatic carbocycles. The van der Waals surface area contributed by atoms with Crippen LogP contribution in [0.5, 0.6) is 5.75 Å². The molecule has 1 amide bonds. The van der Waals surface area contributed by atoms with Crippen molar-refractivity contribution < 1.29 is 19.1 Å². The number of ether oxygens (including phenoxy) is 1. The third-order valence-corrected chi connectivity index (χ3v) is 3.72. The fraction of sp³-hybridized carbons (Fsp3) is 0.111. The Morgan fingerprint density at radius 2 is 1.93 bits per heavy atom. The Morgan fingerprint density at radius 3 is 2.54 bits per heavy atom. The van der Waals surface area contributed by atoms with Crippen LogP contribution in [0.1, 0.15) is 27.3 Å². The van der Waals surface area contributed by atoms with Gasteiger partial charge in [-0.3, -0.25) is 14.9 Å². The maximum Gasteiger partial charge on any atom is 0.271 e. The van der Waals surface area contributed by atoms with Gasteiger partial charge >= 0.3 is 0 Å². The molecule has 0 atom stereocenters. The Morgan fingerprint density at radius 1 is 1.21 bits per heavy atom. The molecule has 3 rings (SSSR count). The first kappa shape index (κ1) is 18.7. The Kier molecular flexibility index (Phi) is 5.70. The van der Waals surface area contributed by atoms with Gasteiger partial charge in [0.25, 0.3) is 11.6 Å². The van der Waals surface area contributed by atoms with Crippen LogP contribution < -0.4 is 10.2 Å². The van der Waals surface area contributed by atoms with Crippen LogP contribution in [0.15, 0.2) is 58.3 Å². The predicted molar refractivity (Wildman–Crippen MR) is 98.0 cm³/mol. The monoisotopic (exact) mass is 381 g/mol. The number of nitro benzene ring substituents is 1. The number of hydrazone groups is 1. The van der Waals surface area contributed by atoms with E-state index in [1.165, 1.54) is 30.5 Å². The highest BCUT2D eigenvalue weighted by atomic mass is 16.6. The van der Waals surface area contributed by atoms with Crippen molar-refractivity contribution in [1.82, 2.24) is 15.7 Å². The first-order valence-electron chi connectivity index (χ1n) is 8.11. The number of amides is 1. The predicted octanol–water partition coefficient (Wildman–Crippen LogP) is 2.63. The molecule has 28 heavy (non-hydrogen) atoms. The standard InChI is InChI=1S/C18H15N5O5/c1-12-17(22-28-21-12)11-27-16-8-2-13(3-9-16)10-19-20-18(24)14-4-6-15(7-5-14)23(25)26/h2-10H,11H2,1H3,(H,20,24)/b19-10+. The van der Waals surface area contributed by atoms with Gasteiger partial charge in [-0.15, -0.1) is 0 Å². The molecule has 10 heteroatoms. The number of nitrogens with one attached hydrogen (secondary N) is 1. The summed E-state index contributed by atoms with van der Waals surface area (Å²) in [4.78, 5) is 22.0. The van der Waals surface area contributed by atoms with E-state index < -0.39 is 10.8 Å². The number of hydrogen-bond acceptors (Lipinski definition) is 8. The van der Waals surface area contributed by atoms with E-state index >= 15 is 0 Å². The molecule has 0 aliphatic rings. The summed E-state index contributed by atoms with van der Waals surface area (Å²) in [6.45, 7) is 2.02. The summed E-state index contributed by atoms with van der Waals surface area (Å²) in [7, 11) is 0. The Labute approximate surface area is 158 Å². The highest BCUT2D eigenvalue weighted by Crippen LogP contribution is 2.14. The van der Waals surface area contributed by atoms with Crippen LogP contribution in [0.3, 0.4) is 0 Å². The Hall–Kier alpha value is -4.08. The van der Waals surface area contributed by atoms with Gasteiger partial charge in [-0.05, 0) is 48.9 Å². The number of hydrogen-bond donors (Lipinski definition) is 1. The molecule has 0 saturated carbocycles. The van der Waals surface area contributed by atoms with Gasteiger partial charge in [-0.1, -0.05) is 10.3 Å². The number of nitrogens with zero attached hydrogens (tertiary/aromatic N) is 4. The van der Waals surface area contributed by atoms with Gasteiger partial charge in [-0.25, -0.2) is 10.1 Å². The van der Waals surface area contributed by atoms with Gasteiger partial charge in [0.1, 0.15) is 23.7 Å². The molecule has 3 aromatic rings. The molecule has 142 valence electrons. The number of carbonyl (C=O) groups excluding carboxylic acids is 1. The number of rotatable bonds is 7. The number of nitro groups is 1. The summed E-state index contributed by atoms with van der Waals surface area (Å²) >= 11 is 0. The summed E-state index contributed by atoms with van der Waals surface area (Å²) in [5.74, 6) is 0.164. The van der Waals surface area contributed by atoms with E-state index in [4.69, 9.17) is 4.74 Å². The summed E-state index contributed by atoms with van der Waals surface area (Å²) in [5.41, 5.74) is 4.59. The van der Waals surface area contributed by atoms with E-state index in [0.717, 1.165) is 5.56 Å². The average Bonchev–Trinajstić information content (AvgIpc) is 3.12. The number of non-ortho nitro benzene ring substituents is 1. The van der Waals surface area contributed by atoms with Gasteiger partial charge in [-0.2, -0.15) is 5.10 Å². The van der Waals surface area contributed by atoms with E-state index in [1.54, 1.807) is 31.2 Å². The second-order valence-electron chi connectivity index (χ2n) is 5.66. The molecule has 2 aromatic carbocycles. The number of carbonyl (C=O) groups is 1. The molecular weight excluding hydrogens is 366 g/mol. The third kappa shape index (κ3) is 4.75. The lowest BCUT2D eigenvalue weighted by molar-refractivity contribution is -0.384. The van der Waals surface area contributed by atoms with E-state index in [9.17, 15) is 14.9 Å². The van der Waals surface area contributed by atoms with Crippen molar-refractivity contribution in [2.24, 2.45) is 5.10 Å². The minimum Gasteiger partial charge on any atom is -0.487 e. The minimum absolute atomic E-state index is 0.0858. The van der Waals surface area contributed by atoms with Gasteiger partial charge in [0.15, 0.2) is 0 Å². The van der Waals surface area contributed by atoms with E-state index in [1.807, 2.05) is 0 Å². The zero-order chi connectivity index (χ0) is 19.9. The van der Waals surface area contributed by atoms with Crippen molar-refractivity contribution in [3.63, 3.8) is 0 Å². The van der Waals surface area contributed by atoms with Gasteiger partial charge in [0.05, 0.1) is 11.1 Å². The van der Waals surface area contributed by atoms with Crippen LogP contribution in [0.2, 0.25) is 0 Å². The molecular formula is C18H15N5O5.